The molecule has 1 heterocycles. The zero-order chi connectivity index (χ0) is 22.1. The highest BCUT2D eigenvalue weighted by Crippen LogP contribution is 2.24. The second-order valence-corrected chi connectivity index (χ2v) is 7.34. The molecule has 0 unspecified atom stereocenters. The van der Waals surface area contributed by atoms with Gasteiger partial charge in [-0.15, -0.1) is 0 Å². The summed E-state index contributed by atoms with van der Waals surface area (Å²) in [5.74, 6) is -2.26. The molecule has 0 spiro atoms. The lowest BCUT2D eigenvalue weighted by molar-refractivity contribution is 0.0693. The van der Waals surface area contributed by atoms with Crippen LogP contribution in [0, 0.1) is 11.6 Å². The Morgan fingerprint density at radius 2 is 1.58 bits per heavy atom. The van der Waals surface area contributed by atoms with E-state index < -0.39 is 35.4 Å². The fraction of sp³-hybridized carbons (Fsp3) is 0.125. The summed E-state index contributed by atoms with van der Waals surface area (Å²) < 4.78 is 27.4. The fourth-order valence-corrected chi connectivity index (χ4v) is 3.62. The molecule has 1 N–H and O–H groups in total. The number of carbonyl (C=O) groups excluding carboxylic acids is 3. The molecule has 0 bridgehead atoms. The molecule has 5 nitrogen and oxygen atoms in total. The first-order chi connectivity index (χ1) is 14.8. The van der Waals surface area contributed by atoms with Crippen molar-refractivity contribution in [3.05, 3.63) is 106 Å². The van der Waals surface area contributed by atoms with Gasteiger partial charge in [-0.25, -0.2) is 8.78 Å². The van der Waals surface area contributed by atoms with Gasteiger partial charge < -0.3 is 5.32 Å². The molecular weight excluding hydrogens is 402 g/mol. The number of hydrogen-bond donors (Lipinski definition) is 1. The van der Waals surface area contributed by atoms with E-state index in [0.717, 1.165) is 4.90 Å². The summed E-state index contributed by atoms with van der Waals surface area (Å²) in [5.41, 5.74) is 1.74. The van der Waals surface area contributed by atoms with Crippen LogP contribution in [0.2, 0.25) is 0 Å². The molecule has 0 fully saturated rings. The Balaban J connectivity index is 1.63. The van der Waals surface area contributed by atoms with Crippen molar-refractivity contribution < 1.29 is 23.2 Å². The number of benzene rings is 3. The number of rotatable bonds is 5. The van der Waals surface area contributed by atoms with Crippen molar-refractivity contribution in [2.75, 3.05) is 7.05 Å². The Labute approximate surface area is 177 Å². The van der Waals surface area contributed by atoms with Crippen LogP contribution in [0.4, 0.5) is 8.78 Å². The van der Waals surface area contributed by atoms with E-state index in [1.54, 1.807) is 18.2 Å². The maximum atomic E-state index is 13.8. The third kappa shape index (κ3) is 4.07. The van der Waals surface area contributed by atoms with Crippen LogP contribution in [-0.4, -0.2) is 29.7 Å². The van der Waals surface area contributed by atoms with Gasteiger partial charge in [-0.05, 0) is 60.0 Å². The Bertz CT molecular complexity index is 1210. The van der Waals surface area contributed by atoms with Gasteiger partial charge in [-0.1, -0.05) is 24.3 Å². The first kappa shape index (κ1) is 20.4. The number of nitrogens with zero attached hydrogens (tertiary/aromatic N) is 1. The molecule has 1 aliphatic rings. The predicted octanol–water partition coefficient (Wildman–Crippen LogP) is 3.90. The van der Waals surface area contributed by atoms with Gasteiger partial charge in [-0.3, -0.25) is 19.3 Å². The Hall–Kier alpha value is -3.87. The highest BCUT2D eigenvalue weighted by atomic mass is 19.1. The van der Waals surface area contributed by atoms with Gasteiger partial charge in [0.25, 0.3) is 17.7 Å². The van der Waals surface area contributed by atoms with Gasteiger partial charge in [-0.2, -0.15) is 0 Å². The third-order valence-electron chi connectivity index (χ3n) is 5.24. The maximum Gasteiger partial charge on any atom is 0.261 e. The normalized spacial score (nSPS) is 13.8. The lowest BCUT2D eigenvalue weighted by Gasteiger charge is -2.20. The Kier molecular flexibility index (Phi) is 5.33. The first-order valence-electron chi connectivity index (χ1n) is 9.60. The second-order valence-electron chi connectivity index (χ2n) is 7.34. The van der Waals surface area contributed by atoms with E-state index in [-0.39, 0.29) is 23.1 Å². The topological polar surface area (TPSA) is 66.5 Å². The molecule has 4 rings (SSSR count). The average Bonchev–Trinajstić information content (AvgIpc) is 2.97. The summed E-state index contributed by atoms with van der Waals surface area (Å²) in [6, 6.07) is 15.4. The van der Waals surface area contributed by atoms with Crippen LogP contribution in [0.5, 0.6) is 0 Å². The minimum atomic E-state index is -0.640. The van der Waals surface area contributed by atoms with E-state index in [0.29, 0.717) is 11.1 Å². The Morgan fingerprint density at radius 1 is 0.903 bits per heavy atom. The standard InChI is InChI=1S/C24H18F2N2O3/c1-28-23(30)19-9-8-16(13-20(19)24(28)31)22(29)27-21(15-5-3-7-18(26)12-15)11-14-4-2-6-17(25)10-14/h2-10,12-13,21H,11H2,1H3,(H,27,29)/t21-/m1/s1. The van der Waals surface area contributed by atoms with Gasteiger partial charge in [0.15, 0.2) is 0 Å². The van der Waals surface area contributed by atoms with Crippen LogP contribution >= 0.6 is 0 Å². The van der Waals surface area contributed by atoms with Gasteiger partial charge in [0.1, 0.15) is 11.6 Å². The van der Waals surface area contributed by atoms with E-state index in [1.165, 1.54) is 55.6 Å². The minimum absolute atomic E-state index is 0.160. The van der Waals surface area contributed by atoms with Crippen molar-refractivity contribution >= 4 is 17.7 Å². The van der Waals surface area contributed by atoms with Crippen LogP contribution in [-0.2, 0) is 6.42 Å². The van der Waals surface area contributed by atoms with Crippen molar-refractivity contribution in [2.24, 2.45) is 0 Å². The first-order valence-corrected chi connectivity index (χ1v) is 9.60. The average molecular weight is 420 g/mol. The fourth-order valence-electron chi connectivity index (χ4n) is 3.62. The quantitative estimate of drug-likeness (QED) is 0.637. The lowest BCUT2D eigenvalue weighted by Crippen LogP contribution is -2.30. The molecular formula is C24H18F2N2O3. The van der Waals surface area contributed by atoms with E-state index in [1.807, 2.05) is 0 Å². The van der Waals surface area contributed by atoms with Crippen molar-refractivity contribution in [1.29, 1.82) is 0 Å². The number of carbonyl (C=O) groups is 3. The number of amides is 3. The molecule has 156 valence electrons. The predicted molar refractivity (Wildman–Crippen MR) is 110 cm³/mol. The monoisotopic (exact) mass is 420 g/mol. The maximum absolute atomic E-state index is 13.8. The van der Waals surface area contributed by atoms with Gasteiger partial charge in [0, 0.05) is 12.6 Å². The van der Waals surface area contributed by atoms with Crippen LogP contribution in [0.15, 0.2) is 66.7 Å². The van der Waals surface area contributed by atoms with E-state index in [4.69, 9.17) is 0 Å². The number of nitrogens with one attached hydrogen (secondary N) is 1. The number of imide groups is 1. The van der Waals surface area contributed by atoms with E-state index in [9.17, 15) is 23.2 Å². The molecule has 1 atom stereocenters. The van der Waals surface area contributed by atoms with Crippen molar-refractivity contribution in [2.45, 2.75) is 12.5 Å². The van der Waals surface area contributed by atoms with Crippen LogP contribution in [0.3, 0.4) is 0 Å². The van der Waals surface area contributed by atoms with Gasteiger partial charge >= 0.3 is 0 Å². The highest BCUT2D eigenvalue weighted by molar-refractivity contribution is 6.21. The summed E-state index contributed by atoms with van der Waals surface area (Å²) in [5, 5.41) is 2.84. The summed E-state index contributed by atoms with van der Waals surface area (Å²) in [7, 11) is 1.38. The van der Waals surface area contributed by atoms with Crippen molar-refractivity contribution in [3.63, 3.8) is 0 Å². The lowest BCUT2D eigenvalue weighted by atomic mass is 9.97. The molecule has 0 saturated heterocycles. The SMILES string of the molecule is CN1C(=O)c2ccc(C(=O)N[C@H](Cc3cccc(F)c3)c3cccc(F)c3)cc2C1=O. The zero-order valence-corrected chi connectivity index (χ0v) is 16.6. The minimum Gasteiger partial charge on any atom is -0.345 e. The van der Waals surface area contributed by atoms with Crippen LogP contribution < -0.4 is 5.32 Å². The molecule has 7 heteroatoms. The van der Waals surface area contributed by atoms with Crippen molar-refractivity contribution in [3.8, 4) is 0 Å². The van der Waals surface area contributed by atoms with Gasteiger partial charge in [0.05, 0.1) is 17.2 Å². The molecule has 3 aromatic rings. The van der Waals surface area contributed by atoms with Crippen LogP contribution in [0.25, 0.3) is 0 Å². The van der Waals surface area contributed by atoms with Crippen LogP contribution in [0.1, 0.15) is 48.2 Å². The number of hydrogen-bond acceptors (Lipinski definition) is 3. The third-order valence-corrected chi connectivity index (χ3v) is 5.24. The molecule has 3 aromatic carbocycles. The molecule has 0 saturated carbocycles. The molecule has 31 heavy (non-hydrogen) atoms. The van der Waals surface area contributed by atoms with E-state index in [2.05, 4.69) is 5.32 Å². The highest BCUT2D eigenvalue weighted by Gasteiger charge is 2.33. The summed E-state index contributed by atoms with van der Waals surface area (Å²) in [6.45, 7) is 0. The zero-order valence-electron chi connectivity index (χ0n) is 16.6. The molecule has 3 amide bonds. The molecule has 0 radical (unpaired) electrons. The summed E-state index contributed by atoms with van der Waals surface area (Å²) >= 11 is 0. The number of fused-ring (bicyclic) bond motifs is 1. The van der Waals surface area contributed by atoms with E-state index >= 15 is 0 Å². The van der Waals surface area contributed by atoms with Crippen molar-refractivity contribution in [1.82, 2.24) is 10.2 Å². The number of halogens is 2. The summed E-state index contributed by atoms with van der Waals surface area (Å²) in [4.78, 5) is 38.2. The summed E-state index contributed by atoms with van der Waals surface area (Å²) in [6.07, 6.45) is 0.234. The largest absolute Gasteiger partial charge is 0.345 e. The smallest absolute Gasteiger partial charge is 0.261 e. The molecule has 0 aliphatic carbocycles. The second kappa shape index (κ2) is 8.10. The molecule has 0 aromatic heterocycles. The Morgan fingerprint density at radius 3 is 2.29 bits per heavy atom. The molecule has 1 aliphatic heterocycles. The van der Waals surface area contributed by atoms with Gasteiger partial charge in [0.2, 0.25) is 0 Å².